The van der Waals surface area contributed by atoms with Gasteiger partial charge >= 0.3 is 5.97 Å². The maximum absolute atomic E-state index is 13.9. The maximum Gasteiger partial charge on any atom is 0.305 e. The van der Waals surface area contributed by atoms with E-state index in [1.807, 2.05) is 0 Å². The molecular formula is C17H14FN3O3S2. The Morgan fingerprint density at radius 1 is 1.35 bits per heavy atom. The molecule has 3 aromatic rings. The molecule has 2 unspecified atom stereocenters. The van der Waals surface area contributed by atoms with Gasteiger partial charge in [-0.3, -0.25) is 9.59 Å². The van der Waals surface area contributed by atoms with Crippen molar-refractivity contribution in [1.82, 2.24) is 9.97 Å². The van der Waals surface area contributed by atoms with Gasteiger partial charge < -0.3 is 10.4 Å². The molecule has 3 heterocycles. The normalized spacial score (nSPS) is 20.6. The molecule has 1 aliphatic rings. The van der Waals surface area contributed by atoms with Gasteiger partial charge in [-0.05, 0) is 24.3 Å². The maximum atomic E-state index is 13.9. The average Bonchev–Trinajstić information content (AvgIpc) is 3.02. The molecule has 2 aromatic heterocycles. The summed E-state index contributed by atoms with van der Waals surface area (Å²) < 4.78 is 14.4. The standard InChI is InChI=1S/C17H14FN3O3S2/c18-9-3-1-4-10-15(9)25-13(21-10)8-26-16-11(5-2-6-19-16)20-12(17(26)24)7-14(22)23/h1-6,12,20,26H,7-8H2,(H,22,23). The lowest BCUT2D eigenvalue weighted by Crippen LogP contribution is -2.36. The van der Waals surface area contributed by atoms with Gasteiger partial charge in [-0.2, -0.15) is 0 Å². The van der Waals surface area contributed by atoms with Crippen LogP contribution in [0.1, 0.15) is 11.4 Å². The number of thiol groups is 1. The number of benzene rings is 1. The zero-order chi connectivity index (χ0) is 18.3. The number of thiazole rings is 1. The molecule has 0 amide bonds. The molecule has 0 bridgehead atoms. The van der Waals surface area contributed by atoms with Crippen LogP contribution in [0.25, 0.3) is 10.2 Å². The van der Waals surface area contributed by atoms with Crippen molar-refractivity contribution < 1.29 is 19.1 Å². The summed E-state index contributed by atoms with van der Waals surface area (Å²) in [5.74, 6) is -1.05. The number of pyridine rings is 1. The van der Waals surface area contributed by atoms with Crippen LogP contribution in [0.2, 0.25) is 0 Å². The van der Waals surface area contributed by atoms with Gasteiger partial charge in [-0.1, -0.05) is 6.07 Å². The van der Waals surface area contributed by atoms with Crippen molar-refractivity contribution in [2.75, 3.05) is 5.32 Å². The Kier molecular flexibility index (Phi) is 4.33. The molecule has 4 rings (SSSR count). The molecule has 0 radical (unpaired) electrons. The Morgan fingerprint density at radius 3 is 2.96 bits per heavy atom. The minimum absolute atomic E-state index is 0.173. The van der Waals surface area contributed by atoms with Crippen LogP contribution in [0.3, 0.4) is 0 Å². The van der Waals surface area contributed by atoms with Crippen LogP contribution in [0, 0.1) is 5.82 Å². The number of hydrogen-bond acceptors (Lipinski definition) is 6. The summed E-state index contributed by atoms with van der Waals surface area (Å²) in [6.07, 6.45) is 1.32. The molecule has 0 saturated carbocycles. The van der Waals surface area contributed by atoms with Crippen molar-refractivity contribution in [1.29, 1.82) is 0 Å². The van der Waals surface area contributed by atoms with E-state index >= 15 is 0 Å². The van der Waals surface area contributed by atoms with Gasteiger partial charge in [-0.25, -0.2) is 14.4 Å². The van der Waals surface area contributed by atoms with Gasteiger partial charge in [0.1, 0.15) is 21.9 Å². The van der Waals surface area contributed by atoms with Crippen molar-refractivity contribution in [3.8, 4) is 0 Å². The second-order valence-corrected chi connectivity index (χ2v) is 8.91. The number of aliphatic carboxylic acids is 1. The summed E-state index contributed by atoms with van der Waals surface area (Å²) in [6, 6.07) is 7.45. The van der Waals surface area contributed by atoms with Crippen LogP contribution in [0.5, 0.6) is 0 Å². The fraction of sp³-hybridized carbons (Fsp3) is 0.176. The molecule has 1 aliphatic heterocycles. The quantitative estimate of drug-likeness (QED) is 0.592. The number of nitrogens with one attached hydrogen (secondary N) is 1. The highest BCUT2D eigenvalue weighted by Crippen LogP contribution is 2.48. The van der Waals surface area contributed by atoms with Crippen LogP contribution in [-0.2, 0) is 15.3 Å². The zero-order valence-corrected chi connectivity index (χ0v) is 15.1. The van der Waals surface area contributed by atoms with Crippen molar-refractivity contribution >= 4 is 49.2 Å². The summed E-state index contributed by atoms with van der Waals surface area (Å²) >= 11 is 1.22. The van der Waals surface area contributed by atoms with Crippen molar-refractivity contribution in [2.24, 2.45) is 0 Å². The van der Waals surface area contributed by atoms with E-state index in [1.165, 1.54) is 17.4 Å². The third-order valence-corrected chi connectivity index (χ3v) is 7.64. The Balaban J connectivity index is 1.71. The van der Waals surface area contributed by atoms with Crippen molar-refractivity contribution in [3.05, 3.63) is 47.4 Å². The molecule has 0 aliphatic carbocycles. The van der Waals surface area contributed by atoms with E-state index < -0.39 is 22.9 Å². The van der Waals surface area contributed by atoms with Gasteiger partial charge in [0.15, 0.2) is 5.12 Å². The SMILES string of the molecule is O=C(O)CC1Nc2cccnc2[SH](Cc2nc3cccc(F)c3s2)C1=O. The number of carboxylic acid groups (broad SMARTS) is 1. The first kappa shape index (κ1) is 16.9. The third kappa shape index (κ3) is 3.04. The Labute approximate surface area is 154 Å². The lowest BCUT2D eigenvalue weighted by atomic mass is 10.2. The zero-order valence-electron chi connectivity index (χ0n) is 13.3. The number of anilines is 1. The first-order valence-electron chi connectivity index (χ1n) is 7.81. The largest absolute Gasteiger partial charge is 0.481 e. The van der Waals surface area contributed by atoms with Gasteiger partial charge in [0.25, 0.3) is 0 Å². The number of rotatable bonds is 4. The number of hydrogen-bond donors (Lipinski definition) is 3. The molecule has 1 aromatic carbocycles. The predicted octanol–water partition coefficient (Wildman–Crippen LogP) is 3.19. The van der Waals surface area contributed by atoms with Gasteiger partial charge in [-0.15, -0.1) is 22.2 Å². The number of aromatic nitrogens is 2. The molecule has 2 atom stereocenters. The van der Waals surface area contributed by atoms with Gasteiger partial charge in [0.05, 0.1) is 22.3 Å². The fourth-order valence-corrected chi connectivity index (χ4v) is 6.33. The van der Waals surface area contributed by atoms with Crippen LogP contribution in [0.15, 0.2) is 41.6 Å². The smallest absolute Gasteiger partial charge is 0.305 e. The molecule has 0 fully saturated rings. The summed E-state index contributed by atoms with van der Waals surface area (Å²) in [5, 5.41) is 13.2. The minimum Gasteiger partial charge on any atom is -0.481 e. The highest BCUT2D eigenvalue weighted by molar-refractivity contribution is 8.29. The average molecular weight is 391 g/mol. The van der Waals surface area contributed by atoms with Crippen LogP contribution in [0.4, 0.5) is 10.1 Å². The van der Waals surface area contributed by atoms with E-state index in [4.69, 9.17) is 5.11 Å². The fourth-order valence-electron chi connectivity index (χ4n) is 2.90. The van der Waals surface area contributed by atoms with E-state index in [9.17, 15) is 14.0 Å². The molecule has 26 heavy (non-hydrogen) atoms. The van der Waals surface area contributed by atoms with E-state index in [-0.39, 0.29) is 17.4 Å². The monoisotopic (exact) mass is 391 g/mol. The molecule has 6 nitrogen and oxygen atoms in total. The molecule has 0 saturated heterocycles. The van der Waals surface area contributed by atoms with Gasteiger partial charge in [0.2, 0.25) is 0 Å². The van der Waals surface area contributed by atoms with E-state index in [0.29, 0.717) is 31.7 Å². The lowest BCUT2D eigenvalue weighted by molar-refractivity contribution is -0.138. The highest BCUT2D eigenvalue weighted by Gasteiger charge is 2.35. The topological polar surface area (TPSA) is 92.2 Å². The summed E-state index contributed by atoms with van der Waals surface area (Å²) in [7, 11) is -1.39. The first-order chi connectivity index (χ1) is 12.5. The minimum atomic E-state index is -1.39. The highest BCUT2D eigenvalue weighted by atomic mass is 32.2. The molecule has 0 spiro atoms. The van der Waals surface area contributed by atoms with Crippen molar-refractivity contribution in [3.63, 3.8) is 0 Å². The predicted molar refractivity (Wildman–Crippen MR) is 99.4 cm³/mol. The van der Waals surface area contributed by atoms with Gasteiger partial charge in [0, 0.05) is 11.9 Å². The van der Waals surface area contributed by atoms with E-state index in [2.05, 4.69) is 15.3 Å². The van der Waals surface area contributed by atoms with Crippen LogP contribution >= 0.6 is 22.2 Å². The number of halogens is 1. The van der Waals surface area contributed by atoms with Crippen LogP contribution in [-0.4, -0.2) is 32.2 Å². The second-order valence-electron chi connectivity index (χ2n) is 5.79. The second kappa shape index (κ2) is 6.65. The van der Waals surface area contributed by atoms with Crippen LogP contribution < -0.4 is 5.32 Å². The number of carboxylic acids is 1. The summed E-state index contributed by atoms with van der Waals surface area (Å²) in [4.78, 5) is 32.7. The Morgan fingerprint density at radius 2 is 2.19 bits per heavy atom. The summed E-state index contributed by atoms with van der Waals surface area (Å²) in [6.45, 7) is 0. The number of nitrogens with zero attached hydrogens (tertiary/aromatic N) is 2. The molecule has 2 N–H and O–H groups in total. The van der Waals surface area contributed by atoms with E-state index in [0.717, 1.165) is 0 Å². The first-order valence-corrected chi connectivity index (χ1v) is 10.2. The Bertz CT molecular complexity index is 1020. The van der Waals surface area contributed by atoms with E-state index in [1.54, 1.807) is 30.5 Å². The summed E-state index contributed by atoms with van der Waals surface area (Å²) in [5.41, 5.74) is 1.24. The third-order valence-electron chi connectivity index (χ3n) is 4.02. The number of carbonyl (C=O) groups is 2. The molecule has 9 heteroatoms. The Hall–Kier alpha value is -2.52. The lowest BCUT2D eigenvalue weighted by Gasteiger charge is -2.32. The number of carbonyl (C=O) groups excluding carboxylic acids is 1. The van der Waals surface area contributed by atoms with Crippen molar-refractivity contribution in [2.45, 2.75) is 23.2 Å². The molecule has 134 valence electrons. The molecular weight excluding hydrogens is 377 g/mol. The number of fused-ring (bicyclic) bond motifs is 2.